The largest absolute Gasteiger partial charge is 0.493 e. The van der Waals surface area contributed by atoms with Gasteiger partial charge >= 0.3 is 0 Å². The zero-order chi connectivity index (χ0) is 15.2. The lowest BCUT2D eigenvalue weighted by Gasteiger charge is -2.29. The summed E-state index contributed by atoms with van der Waals surface area (Å²) in [4.78, 5) is 12.2. The van der Waals surface area contributed by atoms with Crippen molar-refractivity contribution in [2.75, 3.05) is 27.3 Å². The maximum Gasteiger partial charge on any atom is 0.224 e. The molecule has 0 bridgehead atoms. The van der Waals surface area contributed by atoms with Crippen LogP contribution in [0.1, 0.15) is 12.0 Å². The van der Waals surface area contributed by atoms with Gasteiger partial charge < -0.3 is 25.2 Å². The SMILES string of the molecule is COc1cccc(CC(=O)NC2CCNCC2O)c1OC. The van der Waals surface area contributed by atoms with E-state index in [4.69, 9.17) is 9.47 Å². The number of aliphatic hydroxyl groups excluding tert-OH is 1. The van der Waals surface area contributed by atoms with Gasteiger partial charge in [-0.05, 0) is 19.0 Å². The Labute approximate surface area is 124 Å². The molecule has 6 nitrogen and oxygen atoms in total. The van der Waals surface area contributed by atoms with Crippen molar-refractivity contribution in [3.8, 4) is 11.5 Å². The van der Waals surface area contributed by atoms with E-state index in [-0.39, 0.29) is 18.4 Å². The van der Waals surface area contributed by atoms with E-state index in [2.05, 4.69) is 10.6 Å². The fourth-order valence-corrected chi connectivity index (χ4v) is 2.53. The lowest BCUT2D eigenvalue weighted by molar-refractivity contribution is -0.122. The number of β-amino-alcohol motifs (C(OH)–C–C–N with tert-alkyl or cyclic N) is 1. The molecule has 1 aromatic rings. The van der Waals surface area contributed by atoms with Gasteiger partial charge in [0.25, 0.3) is 0 Å². The first-order valence-electron chi connectivity index (χ1n) is 7.03. The Kier molecular flexibility index (Phi) is 5.41. The number of aliphatic hydroxyl groups is 1. The first-order valence-corrected chi connectivity index (χ1v) is 7.03. The first kappa shape index (κ1) is 15.6. The van der Waals surface area contributed by atoms with Crippen molar-refractivity contribution in [3.63, 3.8) is 0 Å². The molecule has 1 aliphatic heterocycles. The molecule has 6 heteroatoms. The number of hydrogen-bond acceptors (Lipinski definition) is 5. The smallest absolute Gasteiger partial charge is 0.224 e. The number of methoxy groups -OCH3 is 2. The van der Waals surface area contributed by atoms with Gasteiger partial charge in [-0.3, -0.25) is 4.79 Å². The summed E-state index contributed by atoms with van der Waals surface area (Å²) in [6.07, 6.45) is 0.369. The van der Waals surface area contributed by atoms with Crippen LogP contribution in [0.3, 0.4) is 0 Å². The van der Waals surface area contributed by atoms with Crippen LogP contribution in [0.25, 0.3) is 0 Å². The highest BCUT2D eigenvalue weighted by Gasteiger charge is 2.24. The third kappa shape index (κ3) is 3.86. The van der Waals surface area contributed by atoms with Crippen LogP contribution >= 0.6 is 0 Å². The van der Waals surface area contributed by atoms with Crippen molar-refractivity contribution >= 4 is 5.91 Å². The van der Waals surface area contributed by atoms with Crippen LogP contribution in [-0.2, 0) is 11.2 Å². The van der Waals surface area contributed by atoms with E-state index in [9.17, 15) is 9.90 Å². The summed E-state index contributed by atoms with van der Waals surface area (Å²) in [7, 11) is 3.11. The van der Waals surface area contributed by atoms with Gasteiger partial charge in [0.15, 0.2) is 11.5 Å². The lowest BCUT2D eigenvalue weighted by atomic mass is 10.0. The molecule has 2 unspecified atom stereocenters. The number of hydrogen-bond donors (Lipinski definition) is 3. The van der Waals surface area contributed by atoms with Crippen molar-refractivity contribution in [1.29, 1.82) is 0 Å². The topological polar surface area (TPSA) is 79.8 Å². The normalized spacial score (nSPS) is 21.7. The summed E-state index contributed by atoms with van der Waals surface area (Å²) < 4.78 is 10.5. The molecule has 0 aromatic heterocycles. The van der Waals surface area contributed by atoms with E-state index in [1.807, 2.05) is 12.1 Å². The molecule has 21 heavy (non-hydrogen) atoms. The van der Waals surface area contributed by atoms with Gasteiger partial charge in [0.2, 0.25) is 5.91 Å². The second-order valence-electron chi connectivity index (χ2n) is 5.06. The molecule has 0 saturated carbocycles. The quantitative estimate of drug-likeness (QED) is 0.717. The van der Waals surface area contributed by atoms with Gasteiger partial charge in [-0.1, -0.05) is 12.1 Å². The maximum absolute atomic E-state index is 12.2. The number of ether oxygens (including phenoxy) is 2. The second-order valence-corrected chi connectivity index (χ2v) is 5.06. The van der Waals surface area contributed by atoms with Gasteiger partial charge in [0, 0.05) is 12.1 Å². The maximum atomic E-state index is 12.2. The summed E-state index contributed by atoms with van der Waals surface area (Å²) in [5.74, 6) is 1.04. The predicted octanol–water partition coefficient (Wildman–Crippen LogP) is 0.0853. The van der Waals surface area contributed by atoms with Crippen LogP contribution in [0.4, 0.5) is 0 Å². The molecule has 1 fully saturated rings. The number of rotatable bonds is 5. The zero-order valence-corrected chi connectivity index (χ0v) is 12.4. The number of piperidine rings is 1. The molecule has 1 aliphatic rings. The zero-order valence-electron chi connectivity index (χ0n) is 12.4. The summed E-state index contributed by atoms with van der Waals surface area (Å²) in [5.41, 5.74) is 0.762. The van der Waals surface area contributed by atoms with E-state index >= 15 is 0 Å². The molecule has 116 valence electrons. The highest BCUT2D eigenvalue weighted by Crippen LogP contribution is 2.30. The predicted molar refractivity (Wildman–Crippen MR) is 78.7 cm³/mol. The fraction of sp³-hybridized carbons (Fsp3) is 0.533. The van der Waals surface area contributed by atoms with Crippen molar-refractivity contribution in [2.24, 2.45) is 0 Å². The van der Waals surface area contributed by atoms with Gasteiger partial charge in [-0.15, -0.1) is 0 Å². The monoisotopic (exact) mass is 294 g/mol. The average Bonchev–Trinajstić information content (AvgIpc) is 2.49. The van der Waals surface area contributed by atoms with Gasteiger partial charge in [0.05, 0.1) is 32.8 Å². The summed E-state index contributed by atoms with van der Waals surface area (Å²) >= 11 is 0. The van der Waals surface area contributed by atoms with E-state index in [0.717, 1.165) is 18.5 Å². The molecule has 0 aliphatic carbocycles. The first-order chi connectivity index (χ1) is 10.2. The minimum absolute atomic E-state index is 0.132. The minimum atomic E-state index is -0.546. The average molecular weight is 294 g/mol. The number of carbonyl (C=O) groups excluding carboxylic acids is 1. The fourth-order valence-electron chi connectivity index (χ4n) is 2.53. The summed E-state index contributed by atoms with van der Waals surface area (Å²) in [5, 5.41) is 15.8. The highest BCUT2D eigenvalue weighted by atomic mass is 16.5. The van der Waals surface area contributed by atoms with Crippen LogP contribution in [-0.4, -0.2) is 50.5 Å². The van der Waals surface area contributed by atoms with Gasteiger partial charge in [-0.25, -0.2) is 0 Å². The van der Waals surface area contributed by atoms with Gasteiger partial charge in [-0.2, -0.15) is 0 Å². The Hall–Kier alpha value is -1.79. The third-order valence-electron chi connectivity index (χ3n) is 3.63. The third-order valence-corrected chi connectivity index (χ3v) is 3.63. The summed E-state index contributed by atoms with van der Waals surface area (Å²) in [6.45, 7) is 1.30. The molecule has 1 saturated heterocycles. The molecular formula is C15H22N2O4. The van der Waals surface area contributed by atoms with Crippen molar-refractivity contribution in [2.45, 2.75) is 25.0 Å². The molecule has 1 heterocycles. The number of para-hydroxylation sites is 1. The Balaban J connectivity index is 2.02. The second kappa shape index (κ2) is 7.28. The molecule has 2 rings (SSSR count). The number of nitrogens with one attached hydrogen (secondary N) is 2. The Bertz CT molecular complexity index is 493. The van der Waals surface area contributed by atoms with Crippen LogP contribution in [0, 0.1) is 0 Å². The van der Waals surface area contributed by atoms with Crippen molar-refractivity contribution in [1.82, 2.24) is 10.6 Å². The number of carbonyl (C=O) groups is 1. The summed E-state index contributed by atoms with van der Waals surface area (Å²) in [6, 6.07) is 5.25. The minimum Gasteiger partial charge on any atom is -0.493 e. The van der Waals surface area contributed by atoms with Crippen molar-refractivity contribution < 1.29 is 19.4 Å². The highest BCUT2D eigenvalue weighted by molar-refractivity contribution is 5.80. The van der Waals surface area contributed by atoms with E-state index < -0.39 is 6.10 Å². The Morgan fingerprint density at radius 1 is 1.43 bits per heavy atom. The van der Waals surface area contributed by atoms with Crippen molar-refractivity contribution in [3.05, 3.63) is 23.8 Å². The molecule has 0 spiro atoms. The van der Waals surface area contributed by atoms with Crippen LogP contribution in [0.5, 0.6) is 11.5 Å². The number of benzene rings is 1. The molecule has 0 radical (unpaired) electrons. The van der Waals surface area contributed by atoms with E-state index in [1.165, 1.54) is 0 Å². The van der Waals surface area contributed by atoms with Crippen LogP contribution in [0.2, 0.25) is 0 Å². The molecule has 1 amide bonds. The molecule has 1 aromatic carbocycles. The number of amides is 1. The van der Waals surface area contributed by atoms with Crippen LogP contribution < -0.4 is 20.1 Å². The molecular weight excluding hydrogens is 272 g/mol. The standard InChI is InChI=1S/C15H22N2O4/c1-20-13-5-3-4-10(15(13)21-2)8-14(19)17-11-6-7-16-9-12(11)18/h3-5,11-12,16,18H,6-9H2,1-2H3,(H,17,19). The Morgan fingerprint density at radius 2 is 2.24 bits per heavy atom. The van der Waals surface area contributed by atoms with E-state index in [1.54, 1.807) is 20.3 Å². The molecule has 2 atom stereocenters. The lowest BCUT2D eigenvalue weighted by Crippen LogP contribution is -2.52. The molecule has 3 N–H and O–H groups in total. The van der Waals surface area contributed by atoms with E-state index in [0.29, 0.717) is 18.0 Å². The van der Waals surface area contributed by atoms with Crippen LogP contribution in [0.15, 0.2) is 18.2 Å². The Morgan fingerprint density at radius 3 is 2.90 bits per heavy atom. The van der Waals surface area contributed by atoms with Gasteiger partial charge in [0.1, 0.15) is 0 Å².